The second-order valence-electron chi connectivity index (χ2n) is 5.83. The van der Waals surface area contributed by atoms with Crippen molar-refractivity contribution < 1.29 is 4.74 Å². The van der Waals surface area contributed by atoms with Crippen molar-refractivity contribution in [2.24, 2.45) is 0 Å². The molecule has 0 atom stereocenters. The van der Waals surface area contributed by atoms with Crippen LogP contribution in [0.15, 0.2) is 30.5 Å². The van der Waals surface area contributed by atoms with Crippen LogP contribution in [0, 0.1) is 0 Å². The van der Waals surface area contributed by atoms with Gasteiger partial charge in [0, 0.05) is 19.1 Å². The van der Waals surface area contributed by atoms with Gasteiger partial charge < -0.3 is 20.3 Å². The summed E-state index contributed by atoms with van der Waals surface area (Å²) in [5.41, 5.74) is 2.18. The number of hydrogen-bond donors (Lipinski definition) is 2. The van der Waals surface area contributed by atoms with Gasteiger partial charge in [0.2, 0.25) is 5.95 Å². The van der Waals surface area contributed by atoms with E-state index in [9.17, 15) is 0 Å². The normalized spacial score (nSPS) is 17.8. The molecule has 1 aromatic carbocycles. The van der Waals surface area contributed by atoms with Crippen molar-refractivity contribution >= 4 is 23.1 Å². The van der Waals surface area contributed by atoms with Gasteiger partial charge in [-0.1, -0.05) is 12.1 Å². The first-order chi connectivity index (χ1) is 11.4. The average molecular weight is 312 g/mol. The third-order valence-electron chi connectivity index (χ3n) is 3.99. The number of rotatable bonds is 5. The molecule has 2 N–H and O–H groups in total. The van der Waals surface area contributed by atoms with Gasteiger partial charge in [-0.3, -0.25) is 0 Å². The number of hydrogen-bond acceptors (Lipinski definition) is 7. The van der Waals surface area contributed by atoms with Crippen LogP contribution < -0.4 is 15.5 Å². The van der Waals surface area contributed by atoms with E-state index < -0.39 is 0 Å². The lowest BCUT2D eigenvalue weighted by atomic mass is 10.2. The molecular formula is C16H20N6O. The number of aromatic nitrogens is 3. The summed E-state index contributed by atoms with van der Waals surface area (Å²) in [6, 6.07) is 8.75. The van der Waals surface area contributed by atoms with Crippen LogP contribution in [-0.2, 0) is 4.74 Å². The van der Waals surface area contributed by atoms with Crippen molar-refractivity contribution in [2.75, 3.05) is 41.8 Å². The Labute approximate surface area is 135 Å². The SMILES string of the molecule is c1ccc(N2CCOCC2)c(Nc2cnnc(NC3CC3)n2)c1. The molecule has 0 amide bonds. The molecule has 7 nitrogen and oxygen atoms in total. The molecule has 7 heteroatoms. The Hall–Kier alpha value is -2.41. The zero-order valence-corrected chi connectivity index (χ0v) is 12.9. The number of morpholine rings is 1. The standard InChI is InChI=1S/C16H20N6O/c1-2-4-14(22-7-9-23-10-8-22)13(3-1)19-15-11-17-21-16(20-15)18-12-5-6-12/h1-4,11-12H,5-10H2,(H2,18,19,20,21). The lowest BCUT2D eigenvalue weighted by molar-refractivity contribution is 0.123. The molecule has 1 saturated carbocycles. The zero-order valence-electron chi connectivity index (χ0n) is 12.9. The van der Waals surface area contributed by atoms with Crippen molar-refractivity contribution in [2.45, 2.75) is 18.9 Å². The van der Waals surface area contributed by atoms with Gasteiger partial charge >= 0.3 is 0 Å². The highest BCUT2D eigenvalue weighted by Crippen LogP contribution is 2.29. The van der Waals surface area contributed by atoms with E-state index in [1.54, 1.807) is 6.20 Å². The van der Waals surface area contributed by atoms with E-state index in [4.69, 9.17) is 4.74 Å². The number of benzene rings is 1. The predicted octanol–water partition coefficient (Wildman–Crippen LogP) is 2.03. The Morgan fingerprint density at radius 1 is 1.13 bits per heavy atom. The molecule has 0 radical (unpaired) electrons. The summed E-state index contributed by atoms with van der Waals surface area (Å²) >= 11 is 0. The first-order valence-corrected chi connectivity index (χ1v) is 8.03. The van der Waals surface area contributed by atoms with Gasteiger partial charge in [0.1, 0.15) is 0 Å². The highest BCUT2D eigenvalue weighted by Gasteiger charge is 2.22. The van der Waals surface area contributed by atoms with E-state index in [1.807, 2.05) is 12.1 Å². The number of para-hydroxylation sites is 2. The van der Waals surface area contributed by atoms with Gasteiger partial charge in [0.05, 0.1) is 30.8 Å². The van der Waals surface area contributed by atoms with Crippen LogP contribution in [0.2, 0.25) is 0 Å². The fraction of sp³-hybridized carbons (Fsp3) is 0.438. The van der Waals surface area contributed by atoms with Gasteiger partial charge in [-0.05, 0) is 25.0 Å². The van der Waals surface area contributed by atoms with Gasteiger partial charge in [-0.2, -0.15) is 10.1 Å². The van der Waals surface area contributed by atoms with Crippen LogP contribution in [-0.4, -0.2) is 47.5 Å². The van der Waals surface area contributed by atoms with E-state index in [2.05, 4.69) is 42.8 Å². The second-order valence-corrected chi connectivity index (χ2v) is 5.83. The number of nitrogens with one attached hydrogen (secondary N) is 2. The maximum atomic E-state index is 5.44. The largest absolute Gasteiger partial charge is 0.378 e. The summed E-state index contributed by atoms with van der Waals surface area (Å²) in [6.07, 6.45) is 4.01. The molecule has 2 fully saturated rings. The zero-order chi connectivity index (χ0) is 15.5. The van der Waals surface area contributed by atoms with Crippen molar-refractivity contribution in [1.29, 1.82) is 0 Å². The molecule has 0 unspecified atom stereocenters. The lowest BCUT2D eigenvalue weighted by Gasteiger charge is -2.30. The second kappa shape index (κ2) is 6.37. The van der Waals surface area contributed by atoms with Crippen LogP contribution in [0.3, 0.4) is 0 Å². The molecule has 1 aromatic heterocycles. The number of nitrogens with zero attached hydrogens (tertiary/aromatic N) is 4. The maximum absolute atomic E-state index is 5.44. The molecule has 2 aliphatic rings. The molecule has 4 rings (SSSR count). The van der Waals surface area contributed by atoms with E-state index in [-0.39, 0.29) is 0 Å². The Balaban J connectivity index is 1.53. The summed E-state index contributed by atoms with van der Waals surface area (Å²) in [5, 5.41) is 14.7. The first kappa shape index (κ1) is 14.2. The minimum Gasteiger partial charge on any atom is -0.378 e. The number of anilines is 4. The number of ether oxygens (including phenoxy) is 1. The van der Waals surface area contributed by atoms with Crippen LogP contribution in [0.5, 0.6) is 0 Å². The van der Waals surface area contributed by atoms with E-state index in [0.717, 1.165) is 37.7 Å². The summed E-state index contributed by atoms with van der Waals surface area (Å²) < 4.78 is 5.44. The van der Waals surface area contributed by atoms with Crippen LogP contribution in [0.4, 0.5) is 23.1 Å². The molecule has 120 valence electrons. The monoisotopic (exact) mass is 312 g/mol. The topological polar surface area (TPSA) is 75.2 Å². The molecule has 23 heavy (non-hydrogen) atoms. The summed E-state index contributed by atoms with van der Waals surface area (Å²) in [6.45, 7) is 3.32. The Bertz CT molecular complexity index is 669. The Kier molecular flexibility index (Phi) is 3.94. The average Bonchev–Trinajstić information content (AvgIpc) is 3.41. The smallest absolute Gasteiger partial charge is 0.244 e. The lowest BCUT2D eigenvalue weighted by Crippen LogP contribution is -2.36. The molecule has 1 saturated heterocycles. The van der Waals surface area contributed by atoms with Crippen LogP contribution >= 0.6 is 0 Å². The summed E-state index contributed by atoms with van der Waals surface area (Å²) in [7, 11) is 0. The highest BCUT2D eigenvalue weighted by atomic mass is 16.5. The van der Waals surface area contributed by atoms with Crippen LogP contribution in [0.1, 0.15) is 12.8 Å². The molecule has 2 heterocycles. The van der Waals surface area contributed by atoms with Crippen LogP contribution in [0.25, 0.3) is 0 Å². The quantitative estimate of drug-likeness (QED) is 0.875. The van der Waals surface area contributed by atoms with E-state index in [0.29, 0.717) is 17.8 Å². The fourth-order valence-electron chi connectivity index (χ4n) is 2.63. The van der Waals surface area contributed by atoms with Crippen molar-refractivity contribution in [3.8, 4) is 0 Å². The minimum atomic E-state index is 0.507. The molecule has 2 aromatic rings. The van der Waals surface area contributed by atoms with Gasteiger partial charge in [-0.15, -0.1) is 5.10 Å². The minimum absolute atomic E-state index is 0.507. The van der Waals surface area contributed by atoms with E-state index in [1.165, 1.54) is 12.8 Å². The third-order valence-corrected chi connectivity index (χ3v) is 3.99. The van der Waals surface area contributed by atoms with Gasteiger partial charge in [0.25, 0.3) is 0 Å². The van der Waals surface area contributed by atoms with Crippen molar-refractivity contribution in [1.82, 2.24) is 15.2 Å². The molecule has 1 aliphatic carbocycles. The Morgan fingerprint density at radius 3 is 2.78 bits per heavy atom. The first-order valence-electron chi connectivity index (χ1n) is 8.03. The van der Waals surface area contributed by atoms with Gasteiger partial charge in [-0.25, -0.2) is 0 Å². The predicted molar refractivity (Wildman–Crippen MR) is 89.2 cm³/mol. The van der Waals surface area contributed by atoms with E-state index >= 15 is 0 Å². The van der Waals surface area contributed by atoms with Crippen molar-refractivity contribution in [3.63, 3.8) is 0 Å². The molecule has 0 bridgehead atoms. The highest BCUT2D eigenvalue weighted by molar-refractivity contribution is 5.74. The van der Waals surface area contributed by atoms with Crippen molar-refractivity contribution in [3.05, 3.63) is 30.5 Å². The molecule has 1 aliphatic heterocycles. The Morgan fingerprint density at radius 2 is 1.96 bits per heavy atom. The fourth-order valence-corrected chi connectivity index (χ4v) is 2.63. The summed E-state index contributed by atoms with van der Waals surface area (Å²) in [4.78, 5) is 6.82. The maximum Gasteiger partial charge on any atom is 0.244 e. The third kappa shape index (κ3) is 3.50. The van der Waals surface area contributed by atoms with Gasteiger partial charge in [0.15, 0.2) is 5.82 Å². The molecule has 0 spiro atoms. The molecular weight excluding hydrogens is 292 g/mol. The summed E-state index contributed by atoms with van der Waals surface area (Å²) in [5.74, 6) is 1.28.